The van der Waals surface area contributed by atoms with Gasteiger partial charge >= 0.3 is 0 Å². The molecule has 0 fully saturated rings. The highest BCUT2D eigenvalue weighted by Crippen LogP contribution is 2.13. The van der Waals surface area contributed by atoms with E-state index in [0.717, 1.165) is 6.42 Å². The third kappa shape index (κ3) is 17.6. The Morgan fingerprint density at radius 2 is 1.04 bits per heavy atom. The van der Waals surface area contributed by atoms with Gasteiger partial charge in [0, 0.05) is 14.1 Å². The lowest BCUT2D eigenvalue weighted by Crippen LogP contribution is -2.18. The van der Waals surface area contributed by atoms with E-state index in [-0.39, 0.29) is 5.91 Å². The summed E-state index contributed by atoms with van der Waals surface area (Å²) in [7, 11) is 3.58. The summed E-state index contributed by atoms with van der Waals surface area (Å²) in [5.74, 6) is 0.0935. The first-order valence-corrected chi connectivity index (χ1v) is 10.6. The van der Waals surface area contributed by atoms with E-state index in [0.29, 0.717) is 0 Å². The highest BCUT2D eigenvalue weighted by molar-refractivity contribution is 5.86. The summed E-state index contributed by atoms with van der Waals surface area (Å²) in [6, 6.07) is 0. The third-order valence-corrected chi connectivity index (χ3v) is 4.68. The number of allylic oxidation sites excluding steroid dienone is 1. The van der Waals surface area contributed by atoms with Crippen molar-refractivity contribution in [2.45, 2.75) is 110 Å². The minimum absolute atomic E-state index is 0.0935. The van der Waals surface area contributed by atoms with Crippen molar-refractivity contribution in [3.8, 4) is 0 Å². The molecule has 142 valence electrons. The van der Waals surface area contributed by atoms with Crippen LogP contribution in [0.2, 0.25) is 0 Å². The van der Waals surface area contributed by atoms with Crippen LogP contribution in [0.4, 0.5) is 0 Å². The van der Waals surface area contributed by atoms with Gasteiger partial charge in [-0.3, -0.25) is 4.79 Å². The molecule has 0 N–H and O–H groups in total. The smallest absolute Gasteiger partial charge is 0.245 e. The first-order chi connectivity index (χ1) is 11.7. The van der Waals surface area contributed by atoms with Crippen LogP contribution in [0.15, 0.2) is 12.2 Å². The number of hydrogen-bond donors (Lipinski definition) is 0. The van der Waals surface area contributed by atoms with Gasteiger partial charge in [0.05, 0.1) is 0 Å². The van der Waals surface area contributed by atoms with Crippen LogP contribution >= 0.6 is 0 Å². The zero-order chi connectivity index (χ0) is 17.9. The summed E-state index contributed by atoms with van der Waals surface area (Å²) in [4.78, 5) is 13.0. The van der Waals surface area contributed by atoms with Crippen molar-refractivity contribution < 1.29 is 4.79 Å². The largest absolute Gasteiger partial charge is 0.345 e. The summed E-state index contributed by atoms with van der Waals surface area (Å²) in [5.41, 5.74) is 0. The van der Waals surface area contributed by atoms with E-state index in [2.05, 4.69) is 6.92 Å². The second-order valence-corrected chi connectivity index (χ2v) is 7.37. The number of nitrogens with zero attached hydrogens (tertiary/aromatic N) is 1. The summed E-state index contributed by atoms with van der Waals surface area (Å²) in [6.07, 6.45) is 25.7. The molecule has 24 heavy (non-hydrogen) atoms. The Labute approximate surface area is 152 Å². The van der Waals surface area contributed by atoms with E-state index in [1.165, 1.54) is 96.3 Å². The number of unbranched alkanes of at least 4 members (excludes halogenated alkanes) is 15. The Morgan fingerprint density at radius 3 is 1.42 bits per heavy atom. The van der Waals surface area contributed by atoms with E-state index in [1.54, 1.807) is 25.1 Å². The second kappa shape index (κ2) is 18.5. The first-order valence-electron chi connectivity index (χ1n) is 10.6. The van der Waals surface area contributed by atoms with Gasteiger partial charge in [0.25, 0.3) is 0 Å². The fourth-order valence-electron chi connectivity index (χ4n) is 2.97. The molecular formula is C22H43NO. The van der Waals surface area contributed by atoms with E-state index in [1.807, 2.05) is 6.08 Å². The molecule has 0 saturated heterocycles. The van der Waals surface area contributed by atoms with Crippen molar-refractivity contribution in [3.63, 3.8) is 0 Å². The van der Waals surface area contributed by atoms with Crippen LogP contribution in [0.25, 0.3) is 0 Å². The van der Waals surface area contributed by atoms with Crippen molar-refractivity contribution >= 4 is 5.91 Å². The van der Waals surface area contributed by atoms with E-state index < -0.39 is 0 Å². The maximum absolute atomic E-state index is 11.3. The van der Waals surface area contributed by atoms with Crippen molar-refractivity contribution in [3.05, 3.63) is 12.2 Å². The topological polar surface area (TPSA) is 20.3 Å². The van der Waals surface area contributed by atoms with Gasteiger partial charge < -0.3 is 4.90 Å². The van der Waals surface area contributed by atoms with Gasteiger partial charge in [0.15, 0.2) is 0 Å². The second-order valence-electron chi connectivity index (χ2n) is 7.37. The maximum atomic E-state index is 11.3. The zero-order valence-electron chi connectivity index (χ0n) is 16.8. The quantitative estimate of drug-likeness (QED) is 0.209. The molecule has 0 spiro atoms. The fraction of sp³-hybridized carbons (Fsp3) is 0.864. The van der Waals surface area contributed by atoms with Crippen molar-refractivity contribution in [1.82, 2.24) is 4.90 Å². The van der Waals surface area contributed by atoms with Gasteiger partial charge in [0.1, 0.15) is 0 Å². The monoisotopic (exact) mass is 337 g/mol. The predicted octanol–water partition coefficient (Wildman–Crippen LogP) is 6.89. The molecule has 0 atom stereocenters. The lowest BCUT2D eigenvalue weighted by Gasteiger charge is -2.05. The minimum atomic E-state index is 0.0935. The molecule has 2 heteroatoms. The minimum Gasteiger partial charge on any atom is -0.345 e. The molecule has 0 radical (unpaired) electrons. The Balaban J connectivity index is 3.11. The zero-order valence-corrected chi connectivity index (χ0v) is 16.8. The number of carbonyl (C=O) groups is 1. The van der Waals surface area contributed by atoms with Gasteiger partial charge in [-0.05, 0) is 18.9 Å². The lowest BCUT2D eigenvalue weighted by atomic mass is 10.0. The lowest BCUT2D eigenvalue weighted by molar-refractivity contribution is -0.123. The summed E-state index contributed by atoms with van der Waals surface area (Å²) >= 11 is 0. The average Bonchev–Trinajstić information content (AvgIpc) is 2.57. The van der Waals surface area contributed by atoms with Crippen LogP contribution in [0, 0.1) is 0 Å². The number of hydrogen-bond acceptors (Lipinski definition) is 1. The van der Waals surface area contributed by atoms with Crippen molar-refractivity contribution in [2.75, 3.05) is 14.1 Å². The van der Waals surface area contributed by atoms with Crippen molar-refractivity contribution in [2.24, 2.45) is 0 Å². The van der Waals surface area contributed by atoms with Crippen LogP contribution in [-0.2, 0) is 4.79 Å². The highest BCUT2D eigenvalue weighted by Gasteiger charge is 1.96. The van der Waals surface area contributed by atoms with E-state index >= 15 is 0 Å². The summed E-state index contributed by atoms with van der Waals surface area (Å²) in [6.45, 7) is 2.28. The van der Waals surface area contributed by atoms with Gasteiger partial charge in [-0.15, -0.1) is 0 Å². The maximum Gasteiger partial charge on any atom is 0.245 e. The van der Waals surface area contributed by atoms with Crippen LogP contribution < -0.4 is 0 Å². The van der Waals surface area contributed by atoms with Crippen molar-refractivity contribution in [1.29, 1.82) is 0 Å². The Kier molecular flexibility index (Phi) is 17.9. The molecule has 0 aliphatic rings. The Hall–Kier alpha value is -0.790. The molecular weight excluding hydrogens is 294 g/mol. The van der Waals surface area contributed by atoms with E-state index in [9.17, 15) is 4.79 Å². The molecule has 1 amide bonds. The van der Waals surface area contributed by atoms with Gasteiger partial charge in [-0.25, -0.2) is 0 Å². The number of rotatable bonds is 17. The molecule has 0 heterocycles. The SMILES string of the molecule is CCCCCCCCCCCCCCCCCC=CC(=O)N(C)C. The molecule has 0 saturated carbocycles. The number of likely N-dealkylation sites (N-methyl/N-ethyl adjacent to an activating group) is 1. The molecule has 0 aromatic heterocycles. The van der Waals surface area contributed by atoms with Gasteiger partial charge in [-0.2, -0.15) is 0 Å². The molecule has 0 unspecified atom stereocenters. The van der Waals surface area contributed by atoms with Crippen LogP contribution in [0.3, 0.4) is 0 Å². The fourth-order valence-corrected chi connectivity index (χ4v) is 2.97. The predicted molar refractivity (Wildman–Crippen MR) is 107 cm³/mol. The van der Waals surface area contributed by atoms with Gasteiger partial charge in [0.2, 0.25) is 5.91 Å². The first kappa shape index (κ1) is 23.2. The Bertz CT molecular complexity index is 296. The molecule has 0 bridgehead atoms. The number of amides is 1. The summed E-state index contributed by atoms with van der Waals surface area (Å²) < 4.78 is 0. The molecule has 0 aromatic rings. The van der Waals surface area contributed by atoms with Crippen LogP contribution in [-0.4, -0.2) is 24.9 Å². The molecule has 0 aliphatic carbocycles. The molecule has 2 nitrogen and oxygen atoms in total. The van der Waals surface area contributed by atoms with E-state index in [4.69, 9.17) is 0 Å². The normalized spacial score (nSPS) is 11.3. The number of carbonyl (C=O) groups excluding carboxylic acids is 1. The molecule has 0 aromatic carbocycles. The average molecular weight is 338 g/mol. The standard InChI is InChI=1S/C22H43NO/c1-4-5-6-7-8-9-10-11-12-13-14-15-16-17-18-19-20-21-22(24)23(2)3/h20-21H,4-19H2,1-3H3. The van der Waals surface area contributed by atoms with Crippen LogP contribution in [0.5, 0.6) is 0 Å². The Morgan fingerprint density at radius 1 is 0.667 bits per heavy atom. The highest BCUT2D eigenvalue weighted by atomic mass is 16.2. The molecule has 0 rings (SSSR count). The van der Waals surface area contributed by atoms with Crippen LogP contribution in [0.1, 0.15) is 110 Å². The van der Waals surface area contributed by atoms with Gasteiger partial charge in [-0.1, -0.05) is 103 Å². The summed E-state index contributed by atoms with van der Waals surface area (Å²) in [5, 5.41) is 0. The third-order valence-electron chi connectivity index (χ3n) is 4.68. The molecule has 0 aliphatic heterocycles.